The summed E-state index contributed by atoms with van der Waals surface area (Å²) >= 11 is 0. The van der Waals surface area contributed by atoms with E-state index in [0.29, 0.717) is 19.3 Å². The number of ether oxygens (including phenoxy) is 3. The first-order valence-electron chi connectivity index (χ1n) is 29.5. The molecule has 0 aliphatic carbocycles. The average molecular weight is 986 g/mol. The molecule has 1 unspecified atom stereocenters. The minimum atomic E-state index is -0.812. The van der Waals surface area contributed by atoms with Crippen LogP contribution in [0.4, 0.5) is 0 Å². The van der Waals surface area contributed by atoms with Crippen LogP contribution in [0.2, 0.25) is 0 Å². The first-order valence-corrected chi connectivity index (χ1v) is 29.5. The summed E-state index contributed by atoms with van der Waals surface area (Å²) in [5, 5.41) is 0. The van der Waals surface area contributed by atoms with E-state index in [1.54, 1.807) is 0 Å². The average Bonchev–Trinajstić information content (AvgIpc) is 3.37. The molecule has 0 aromatic heterocycles. The number of hydrogen-bond acceptors (Lipinski definition) is 6. The lowest BCUT2D eigenvalue weighted by Crippen LogP contribution is -2.30. The molecule has 0 bridgehead atoms. The van der Waals surface area contributed by atoms with Gasteiger partial charge in [-0.25, -0.2) is 0 Å². The third-order valence-electron chi connectivity index (χ3n) is 12.4. The Balaban J connectivity index is 4.52. The molecule has 0 rings (SSSR count). The fourth-order valence-corrected chi connectivity index (χ4v) is 7.94. The highest BCUT2D eigenvalue weighted by Gasteiger charge is 2.19. The van der Waals surface area contributed by atoms with Crippen molar-refractivity contribution >= 4 is 17.9 Å². The molecule has 6 heteroatoms. The summed E-state index contributed by atoms with van der Waals surface area (Å²) in [4.78, 5) is 38.2. The first kappa shape index (κ1) is 67.1. The lowest BCUT2D eigenvalue weighted by molar-refractivity contribution is -0.167. The summed E-state index contributed by atoms with van der Waals surface area (Å²) in [5.74, 6) is -0.983. The van der Waals surface area contributed by atoms with Gasteiger partial charge in [0.05, 0.1) is 0 Å². The van der Waals surface area contributed by atoms with Crippen LogP contribution in [-0.2, 0) is 28.6 Å². The number of esters is 3. The van der Waals surface area contributed by atoms with E-state index in [-0.39, 0.29) is 37.5 Å². The standard InChI is InChI=1S/C65H108O6/c1-4-7-10-13-16-19-22-25-28-31-34-37-40-43-46-49-52-55-58-64(67)70-61-62(60-69-63(66)57-54-51-48-45-42-39-36-33-30-27-24-21-18-15-12-9-6-3)71-65(68)59-56-53-50-47-44-41-38-35-32-29-26-23-20-17-14-11-8-5-2/h10,13,16,18-19,21-22,25,27-28,30-31,34,36-37,39,45,48,62H,4-9,11-12,14-15,17,20,23-24,26,29,32-33,35,38,40-44,46-47,49-61H2,1-3H3/b13-10-,19-16-,21-18-,25-22-,30-27-,31-28-,37-34-,39-36-,48-45-. The second-order valence-corrected chi connectivity index (χ2v) is 19.3. The second-order valence-electron chi connectivity index (χ2n) is 19.3. The zero-order valence-corrected chi connectivity index (χ0v) is 46.2. The van der Waals surface area contributed by atoms with Crippen molar-refractivity contribution in [3.05, 3.63) is 109 Å². The Hall–Kier alpha value is -3.93. The zero-order valence-electron chi connectivity index (χ0n) is 46.2. The molecule has 0 amide bonds. The van der Waals surface area contributed by atoms with E-state index in [4.69, 9.17) is 14.2 Å². The van der Waals surface area contributed by atoms with E-state index >= 15 is 0 Å². The van der Waals surface area contributed by atoms with E-state index in [2.05, 4.69) is 106 Å². The summed E-state index contributed by atoms with van der Waals surface area (Å²) in [5.41, 5.74) is 0. The van der Waals surface area contributed by atoms with Crippen molar-refractivity contribution in [3.8, 4) is 0 Å². The Kier molecular flexibility index (Phi) is 55.4. The smallest absolute Gasteiger partial charge is 0.306 e. The monoisotopic (exact) mass is 985 g/mol. The Morgan fingerprint density at radius 3 is 1.06 bits per heavy atom. The molecule has 6 nitrogen and oxygen atoms in total. The third-order valence-corrected chi connectivity index (χ3v) is 12.4. The summed E-state index contributed by atoms with van der Waals surface area (Å²) in [6.45, 7) is 6.47. The van der Waals surface area contributed by atoms with Crippen LogP contribution >= 0.6 is 0 Å². The molecule has 0 aliphatic heterocycles. The fraction of sp³-hybridized carbons (Fsp3) is 0.677. The van der Waals surface area contributed by atoms with Gasteiger partial charge >= 0.3 is 17.9 Å². The highest BCUT2D eigenvalue weighted by molar-refractivity contribution is 5.71. The molecule has 0 heterocycles. The maximum atomic E-state index is 12.9. The molecule has 0 aromatic rings. The van der Waals surface area contributed by atoms with Crippen LogP contribution in [0.25, 0.3) is 0 Å². The topological polar surface area (TPSA) is 78.9 Å². The quantitative estimate of drug-likeness (QED) is 0.0199. The summed E-state index contributed by atoms with van der Waals surface area (Å²) in [6.07, 6.45) is 79.3. The van der Waals surface area contributed by atoms with Gasteiger partial charge in [0.15, 0.2) is 6.10 Å². The minimum absolute atomic E-state index is 0.108. The molecule has 71 heavy (non-hydrogen) atoms. The largest absolute Gasteiger partial charge is 0.462 e. The van der Waals surface area contributed by atoms with E-state index in [0.717, 1.165) is 89.9 Å². The molecule has 0 spiro atoms. The third kappa shape index (κ3) is 56.9. The van der Waals surface area contributed by atoms with Gasteiger partial charge in [-0.05, 0) is 77.0 Å². The maximum absolute atomic E-state index is 12.9. The van der Waals surface area contributed by atoms with Gasteiger partial charge < -0.3 is 14.2 Å². The van der Waals surface area contributed by atoms with Crippen LogP contribution in [0.15, 0.2) is 109 Å². The van der Waals surface area contributed by atoms with Crippen molar-refractivity contribution in [3.63, 3.8) is 0 Å². The van der Waals surface area contributed by atoms with E-state index in [9.17, 15) is 14.4 Å². The zero-order chi connectivity index (χ0) is 51.4. The van der Waals surface area contributed by atoms with Gasteiger partial charge in [-0.1, -0.05) is 278 Å². The van der Waals surface area contributed by atoms with Crippen molar-refractivity contribution in [1.82, 2.24) is 0 Å². The molecule has 0 radical (unpaired) electrons. The molecule has 0 fully saturated rings. The van der Waals surface area contributed by atoms with Crippen molar-refractivity contribution in [2.45, 2.75) is 271 Å². The molecule has 0 saturated heterocycles. The van der Waals surface area contributed by atoms with Gasteiger partial charge in [-0.3, -0.25) is 14.4 Å². The molecule has 0 N–H and O–H groups in total. The van der Waals surface area contributed by atoms with E-state index < -0.39 is 6.10 Å². The number of carbonyl (C=O) groups is 3. The van der Waals surface area contributed by atoms with Crippen LogP contribution in [-0.4, -0.2) is 37.2 Å². The predicted molar refractivity (Wildman–Crippen MR) is 307 cm³/mol. The van der Waals surface area contributed by atoms with Gasteiger partial charge in [0.2, 0.25) is 0 Å². The Bertz CT molecular complexity index is 1460. The highest BCUT2D eigenvalue weighted by Crippen LogP contribution is 2.16. The summed E-state index contributed by atoms with van der Waals surface area (Å²) in [7, 11) is 0. The molecular formula is C65H108O6. The number of rotatable bonds is 52. The summed E-state index contributed by atoms with van der Waals surface area (Å²) < 4.78 is 16.8. The Morgan fingerprint density at radius 1 is 0.296 bits per heavy atom. The first-order chi connectivity index (χ1) is 35.0. The van der Waals surface area contributed by atoms with Gasteiger partial charge in [-0.15, -0.1) is 0 Å². The van der Waals surface area contributed by atoms with Crippen LogP contribution < -0.4 is 0 Å². The van der Waals surface area contributed by atoms with E-state index in [1.807, 2.05) is 24.3 Å². The minimum Gasteiger partial charge on any atom is -0.462 e. The van der Waals surface area contributed by atoms with Gasteiger partial charge in [0.25, 0.3) is 0 Å². The number of carbonyl (C=O) groups excluding carboxylic acids is 3. The van der Waals surface area contributed by atoms with Gasteiger partial charge in [0.1, 0.15) is 13.2 Å². The molecule has 1 atom stereocenters. The van der Waals surface area contributed by atoms with Crippen molar-refractivity contribution in [2.24, 2.45) is 0 Å². The second kappa shape index (κ2) is 58.6. The molecular weight excluding hydrogens is 877 g/mol. The normalized spacial score (nSPS) is 12.9. The fourth-order valence-electron chi connectivity index (χ4n) is 7.94. The van der Waals surface area contributed by atoms with Crippen molar-refractivity contribution in [2.75, 3.05) is 13.2 Å². The highest BCUT2D eigenvalue weighted by atomic mass is 16.6. The number of unbranched alkanes of at least 4 members (excludes halogenated alkanes) is 27. The lowest BCUT2D eigenvalue weighted by atomic mass is 10.0. The number of hydrogen-bond donors (Lipinski definition) is 0. The Labute approximate surface area is 438 Å². The van der Waals surface area contributed by atoms with Crippen LogP contribution in [0.1, 0.15) is 265 Å². The van der Waals surface area contributed by atoms with Gasteiger partial charge in [-0.2, -0.15) is 0 Å². The van der Waals surface area contributed by atoms with Crippen molar-refractivity contribution in [1.29, 1.82) is 0 Å². The van der Waals surface area contributed by atoms with Crippen molar-refractivity contribution < 1.29 is 28.6 Å². The lowest BCUT2D eigenvalue weighted by Gasteiger charge is -2.18. The molecule has 0 aromatic carbocycles. The SMILES string of the molecule is CCC\C=C/C=C\C=C/C=C\C=C/CCCCCCCC(=O)OCC(COC(=O)CCC/C=C\C/C=C\C/C=C\C/C=C\CCCCC)OC(=O)CCCCCCCCCCCCCCCCCCCC. The number of allylic oxidation sites excluding steroid dienone is 18. The molecule has 0 saturated carbocycles. The van der Waals surface area contributed by atoms with Crippen LogP contribution in [0.3, 0.4) is 0 Å². The van der Waals surface area contributed by atoms with Crippen LogP contribution in [0, 0.1) is 0 Å². The summed E-state index contributed by atoms with van der Waals surface area (Å²) in [6, 6.07) is 0. The molecule has 0 aliphatic rings. The maximum Gasteiger partial charge on any atom is 0.306 e. The van der Waals surface area contributed by atoms with E-state index in [1.165, 1.54) is 128 Å². The predicted octanol–water partition coefficient (Wildman–Crippen LogP) is 19.9. The Morgan fingerprint density at radius 2 is 0.606 bits per heavy atom. The van der Waals surface area contributed by atoms with Gasteiger partial charge in [0, 0.05) is 19.3 Å². The van der Waals surface area contributed by atoms with Crippen LogP contribution in [0.5, 0.6) is 0 Å². The molecule has 404 valence electrons.